The van der Waals surface area contributed by atoms with E-state index in [9.17, 15) is 19.2 Å². The summed E-state index contributed by atoms with van der Waals surface area (Å²) in [5, 5.41) is 0. The van der Waals surface area contributed by atoms with Crippen LogP contribution in [-0.4, -0.2) is 23.9 Å². The van der Waals surface area contributed by atoms with Gasteiger partial charge >= 0.3 is 23.9 Å². The Kier molecular flexibility index (Phi) is 9.67. The van der Waals surface area contributed by atoms with E-state index in [1.165, 1.54) is 12.1 Å². The molecule has 4 rings (SSSR count). The van der Waals surface area contributed by atoms with Crippen molar-refractivity contribution in [1.82, 2.24) is 0 Å². The summed E-state index contributed by atoms with van der Waals surface area (Å²) in [6, 6.07) is 25.1. The number of hydrogen-bond donors (Lipinski definition) is 0. The fraction of sp³-hybridized carbons (Fsp3) is 0.0556. The second kappa shape index (κ2) is 13.8. The largest absolute Gasteiger partial charge is 0.423 e. The van der Waals surface area contributed by atoms with Crippen LogP contribution >= 0.6 is 0 Å². The van der Waals surface area contributed by atoms with Crippen molar-refractivity contribution in [3.05, 3.63) is 134 Å². The van der Waals surface area contributed by atoms with E-state index in [0.717, 1.165) is 17.2 Å². The van der Waals surface area contributed by atoms with Crippen LogP contribution in [-0.2, 0) is 14.4 Å². The van der Waals surface area contributed by atoms with Crippen LogP contribution in [0.4, 0.5) is 0 Å². The molecule has 0 aliphatic rings. The van der Waals surface area contributed by atoms with Crippen LogP contribution < -0.4 is 18.9 Å². The highest BCUT2D eigenvalue weighted by Crippen LogP contribution is 2.31. The van der Waals surface area contributed by atoms with Gasteiger partial charge in [0.1, 0.15) is 28.6 Å². The van der Waals surface area contributed by atoms with E-state index in [2.05, 4.69) is 19.7 Å². The van der Waals surface area contributed by atoms with Crippen LogP contribution in [0.2, 0.25) is 0 Å². The summed E-state index contributed by atoms with van der Waals surface area (Å²) in [6.45, 7) is 13.7. The van der Waals surface area contributed by atoms with E-state index in [-0.39, 0.29) is 22.6 Å². The molecule has 4 aromatic rings. The molecule has 44 heavy (non-hydrogen) atoms. The minimum atomic E-state index is -0.747. The molecule has 0 saturated carbocycles. The van der Waals surface area contributed by atoms with Gasteiger partial charge in [-0.3, -0.25) is 0 Å². The Bertz CT molecular complexity index is 1760. The normalized spacial score (nSPS) is 10.2. The minimum absolute atomic E-state index is 0.0146. The molecular formula is C36H28O8. The van der Waals surface area contributed by atoms with E-state index >= 15 is 0 Å². The lowest BCUT2D eigenvalue weighted by molar-refractivity contribution is -0.130. The summed E-state index contributed by atoms with van der Waals surface area (Å²) in [5.41, 5.74) is 3.65. The number of rotatable bonds is 10. The van der Waals surface area contributed by atoms with Gasteiger partial charge in [0.2, 0.25) is 0 Å². The zero-order chi connectivity index (χ0) is 31.8. The Balaban J connectivity index is 1.50. The Morgan fingerprint density at radius 2 is 0.932 bits per heavy atom. The number of esters is 4. The lowest BCUT2D eigenvalue weighted by Crippen LogP contribution is -2.13. The van der Waals surface area contributed by atoms with E-state index in [0.29, 0.717) is 28.2 Å². The average molecular weight is 589 g/mol. The molecule has 0 spiro atoms. The first-order chi connectivity index (χ1) is 21.0. The highest BCUT2D eigenvalue weighted by atomic mass is 16.6. The second-order valence-corrected chi connectivity index (χ2v) is 9.64. The standard InChI is InChI=1S/C36H28O8/c1-6-33(37)44-32-21-27(26-11-18-29(19-12-26)42-35(39)23(4)5)13-20-31(32)36(40)43-30-16-9-25(10-17-30)24-7-14-28(15-8-24)41-34(38)22(2)3/h6-21H,1-2,4H2,3,5H3. The lowest BCUT2D eigenvalue weighted by Gasteiger charge is -2.12. The molecule has 0 amide bonds. The predicted octanol–water partition coefficient (Wildman–Crippen LogP) is 7.29. The van der Waals surface area contributed by atoms with Crippen LogP contribution in [0.3, 0.4) is 0 Å². The number of benzene rings is 4. The van der Waals surface area contributed by atoms with Crippen molar-refractivity contribution in [2.45, 2.75) is 13.8 Å². The summed E-state index contributed by atoms with van der Waals surface area (Å²) < 4.78 is 21.4. The summed E-state index contributed by atoms with van der Waals surface area (Å²) in [6.07, 6.45) is 0.988. The van der Waals surface area contributed by atoms with Crippen molar-refractivity contribution in [1.29, 1.82) is 0 Å². The van der Waals surface area contributed by atoms with Crippen LogP contribution in [0, 0.1) is 0 Å². The van der Waals surface area contributed by atoms with Gasteiger partial charge in [-0.05, 0) is 84.6 Å². The first-order valence-electron chi connectivity index (χ1n) is 13.3. The predicted molar refractivity (Wildman–Crippen MR) is 165 cm³/mol. The van der Waals surface area contributed by atoms with Gasteiger partial charge in [-0.1, -0.05) is 62.2 Å². The molecule has 0 N–H and O–H groups in total. The van der Waals surface area contributed by atoms with Gasteiger partial charge in [-0.25, -0.2) is 19.2 Å². The maximum atomic E-state index is 13.1. The quantitative estimate of drug-likeness (QED) is 0.108. The van der Waals surface area contributed by atoms with Crippen LogP contribution in [0.1, 0.15) is 24.2 Å². The second-order valence-electron chi connectivity index (χ2n) is 9.64. The molecule has 0 saturated heterocycles. The monoisotopic (exact) mass is 588 g/mol. The van der Waals surface area contributed by atoms with E-state index in [4.69, 9.17) is 18.9 Å². The molecule has 0 heterocycles. The maximum Gasteiger partial charge on any atom is 0.347 e. The van der Waals surface area contributed by atoms with Gasteiger partial charge < -0.3 is 18.9 Å². The Morgan fingerprint density at radius 1 is 0.545 bits per heavy atom. The number of hydrogen-bond acceptors (Lipinski definition) is 8. The van der Waals surface area contributed by atoms with Crippen molar-refractivity contribution in [2.75, 3.05) is 0 Å². The van der Waals surface area contributed by atoms with E-state index < -0.39 is 23.9 Å². The van der Waals surface area contributed by atoms with Gasteiger partial charge in [0.15, 0.2) is 0 Å². The highest BCUT2D eigenvalue weighted by molar-refractivity contribution is 5.96. The zero-order valence-electron chi connectivity index (χ0n) is 24.1. The van der Waals surface area contributed by atoms with Gasteiger partial charge in [-0.2, -0.15) is 0 Å². The molecule has 8 nitrogen and oxygen atoms in total. The third kappa shape index (κ3) is 7.83. The highest BCUT2D eigenvalue weighted by Gasteiger charge is 2.19. The maximum absolute atomic E-state index is 13.1. The Labute approximate surface area is 254 Å². The minimum Gasteiger partial charge on any atom is -0.423 e. The molecule has 0 radical (unpaired) electrons. The van der Waals surface area contributed by atoms with Gasteiger partial charge in [-0.15, -0.1) is 0 Å². The molecule has 220 valence electrons. The van der Waals surface area contributed by atoms with E-state index in [1.807, 2.05) is 0 Å². The first kappa shape index (κ1) is 30.9. The Hall–Kier alpha value is -6.02. The summed E-state index contributed by atoms with van der Waals surface area (Å²) in [7, 11) is 0. The number of ether oxygens (including phenoxy) is 4. The molecule has 0 unspecified atom stereocenters. The Morgan fingerprint density at radius 3 is 1.34 bits per heavy atom. The summed E-state index contributed by atoms with van der Waals surface area (Å²) in [5.74, 6) is -1.52. The van der Waals surface area contributed by atoms with Gasteiger partial charge in [0.25, 0.3) is 0 Å². The molecule has 0 aromatic heterocycles. The third-order valence-electron chi connectivity index (χ3n) is 6.14. The molecule has 4 aromatic carbocycles. The number of carbonyl (C=O) groups excluding carboxylic acids is 4. The molecule has 0 fully saturated rings. The molecule has 8 heteroatoms. The fourth-order valence-corrected chi connectivity index (χ4v) is 3.80. The lowest BCUT2D eigenvalue weighted by atomic mass is 10.0. The van der Waals surface area contributed by atoms with Crippen LogP contribution in [0.25, 0.3) is 22.3 Å². The van der Waals surface area contributed by atoms with Crippen molar-refractivity contribution >= 4 is 23.9 Å². The smallest absolute Gasteiger partial charge is 0.347 e. The topological polar surface area (TPSA) is 105 Å². The van der Waals surface area contributed by atoms with Crippen LogP contribution in [0.15, 0.2) is 128 Å². The van der Waals surface area contributed by atoms with E-state index in [1.54, 1.807) is 92.7 Å². The van der Waals surface area contributed by atoms with Crippen molar-refractivity contribution in [2.24, 2.45) is 0 Å². The summed E-state index contributed by atoms with van der Waals surface area (Å²) in [4.78, 5) is 48.7. The molecule has 0 aliphatic heterocycles. The molecular weight excluding hydrogens is 560 g/mol. The van der Waals surface area contributed by atoms with Crippen molar-refractivity contribution in [3.8, 4) is 45.3 Å². The molecule has 0 aliphatic carbocycles. The average Bonchev–Trinajstić information content (AvgIpc) is 3.02. The molecule has 0 bridgehead atoms. The SMILES string of the molecule is C=CC(=O)Oc1cc(-c2ccc(OC(=O)C(=C)C)cc2)ccc1C(=O)Oc1ccc(-c2ccc(OC(=O)C(=C)C)cc2)cc1. The van der Waals surface area contributed by atoms with Gasteiger partial charge in [0.05, 0.1) is 0 Å². The van der Waals surface area contributed by atoms with Crippen molar-refractivity contribution in [3.63, 3.8) is 0 Å². The third-order valence-corrected chi connectivity index (χ3v) is 6.14. The summed E-state index contributed by atoms with van der Waals surface area (Å²) >= 11 is 0. The zero-order valence-corrected chi connectivity index (χ0v) is 24.1. The van der Waals surface area contributed by atoms with Crippen LogP contribution in [0.5, 0.6) is 23.0 Å². The number of carbonyl (C=O) groups is 4. The van der Waals surface area contributed by atoms with Crippen molar-refractivity contribution < 1.29 is 38.1 Å². The fourth-order valence-electron chi connectivity index (χ4n) is 3.80. The van der Waals surface area contributed by atoms with Gasteiger partial charge in [0, 0.05) is 17.2 Å². The molecule has 0 atom stereocenters. The first-order valence-corrected chi connectivity index (χ1v) is 13.3.